The van der Waals surface area contributed by atoms with Crippen molar-refractivity contribution >= 4 is 56.6 Å². The molecule has 2 aliphatic heterocycles. The van der Waals surface area contributed by atoms with Gasteiger partial charge in [0.2, 0.25) is 11.8 Å². The van der Waals surface area contributed by atoms with Gasteiger partial charge in [-0.25, -0.2) is 9.37 Å². The molecule has 35 heavy (non-hydrogen) atoms. The second kappa shape index (κ2) is 10.2. The molecule has 1 aromatic heterocycles. The number of hydrogen-bond donors (Lipinski definition) is 3. The summed E-state index contributed by atoms with van der Waals surface area (Å²) in [7, 11) is -2.86. The minimum atomic E-state index is -4.11. The van der Waals surface area contributed by atoms with Crippen molar-refractivity contribution in [2.24, 2.45) is 0 Å². The van der Waals surface area contributed by atoms with Crippen LogP contribution in [0.5, 0.6) is 0 Å². The largest absolute Gasteiger partial charge is 0.369 e. The highest BCUT2D eigenvalue weighted by Gasteiger charge is 2.43. The zero-order chi connectivity index (χ0) is 25.3. The van der Waals surface area contributed by atoms with Crippen LogP contribution in [0.15, 0.2) is 36.5 Å². The Morgan fingerprint density at radius 3 is 2.69 bits per heavy atom. The summed E-state index contributed by atoms with van der Waals surface area (Å²) >= 11 is 11.7. The number of amides is 2. The number of carbonyl (C=O) groups is 2. The number of carbonyl (C=O) groups excluding carboxylic acids is 2. The summed E-state index contributed by atoms with van der Waals surface area (Å²) in [5.41, 5.74) is 1.08. The highest BCUT2D eigenvalue weighted by molar-refractivity contribution is 7.87. The maximum absolute atomic E-state index is 13.4. The van der Waals surface area contributed by atoms with Crippen LogP contribution < -0.4 is 20.3 Å². The molecule has 188 valence electrons. The van der Waals surface area contributed by atoms with E-state index in [2.05, 4.69) is 20.3 Å². The number of aromatic nitrogens is 1. The van der Waals surface area contributed by atoms with Gasteiger partial charge < -0.3 is 15.5 Å². The molecule has 3 heterocycles. The van der Waals surface area contributed by atoms with Crippen molar-refractivity contribution in [1.29, 1.82) is 0 Å². The Morgan fingerprint density at radius 1 is 1.20 bits per heavy atom. The number of anilines is 2. The van der Waals surface area contributed by atoms with Crippen LogP contribution >= 0.6 is 23.2 Å². The normalized spacial score (nSPS) is 24.2. The SMILES string of the molecule is CN1C(C(=O)Nc2ccc(F)c(Cl)c2)CC(C(=O)N[C@@H]2CCN(c3ccnc(Cl)c3)C2)NS1(=O)=O. The van der Waals surface area contributed by atoms with E-state index in [0.29, 0.717) is 24.7 Å². The number of nitrogens with one attached hydrogen (secondary N) is 3. The number of hydrogen-bond acceptors (Lipinski definition) is 6. The second-order valence-corrected chi connectivity index (χ2v) is 10.9. The van der Waals surface area contributed by atoms with Crippen molar-refractivity contribution in [1.82, 2.24) is 19.3 Å². The first-order valence-electron chi connectivity index (χ1n) is 10.7. The monoisotopic (exact) mass is 544 g/mol. The molecular formula is C21H23Cl2FN6O4S. The number of benzene rings is 1. The molecule has 10 nitrogen and oxygen atoms in total. The van der Waals surface area contributed by atoms with Gasteiger partial charge in [-0.2, -0.15) is 17.4 Å². The lowest BCUT2D eigenvalue weighted by Crippen LogP contribution is -2.63. The third-order valence-corrected chi connectivity index (χ3v) is 8.08. The van der Waals surface area contributed by atoms with Gasteiger partial charge in [-0.3, -0.25) is 9.59 Å². The molecule has 2 saturated heterocycles. The van der Waals surface area contributed by atoms with E-state index in [1.54, 1.807) is 12.3 Å². The maximum Gasteiger partial charge on any atom is 0.280 e. The Balaban J connectivity index is 1.41. The molecule has 14 heteroatoms. The minimum Gasteiger partial charge on any atom is -0.369 e. The second-order valence-electron chi connectivity index (χ2n) is 8.34. The van der Waals surface area contributed by atoms with Gasteiger partial charge in [0.05, 0.1) is 5.02 Å². The van der Waals surface area contributed by atoms with Crippen molar-refractivity contribution in [3.63, 3.8) is 0 Å². The summed E-state index contributed by atoms with van der Waals surface area (Å²) in [5, 5.41) is 5.58. The van der Waals surface area contributed by atoms with Crippen LogP contribution in [0.25, 0.3) is 0 Å². The summed E-state index contributed by atoms with van der Waals surface area (Å²) in [6.45, 7) is 1.19. The summed E-state index contributed by atoms with van der Waals surface area (Å²) < 4.78 is 41.8. The van der Waals surface area contributed by atoms with Gasteiger partial charge in [-0.05, 0) is 43.2 Å². The van der Waals surface area contributed by atoms with E-state index in [0.717, 1.165) is 16.1 Å². The van der Waals surface area contributed by atoms with E-state index < -0.39 is 39.9 Å². The Morgan fingerprint density at radius 2 is 1.97 bits per heavy atom. The van der Waals surface area contributed by atoms with Gasteiger partial charge in [0.15, 0.2) is 0 Å². The van der Waals surface area contributed by atoms with Crippen LogP contribution in [0.1, 0.15) is 12.8 Å². The lowest BCUT2D eigenvalue weighted by atomic mass is 10.1. The third kappa shape index (κ3) is 5.84. The van der Waals surface area contributed by atoms with Crippen molar-refractivity contribution in [2.45, 2.75) is 31.0 Å². The zero-order valence-electron chi connectivity index (χ0n) is 18.5. The summed E-state index contributed by atoms with van der Waals surface area (Å²) in [6.07, 6.45) is 2.15. The van der Waals surface area contributed by atoms with Crippen LogP contribution in [0.2, 0.25) is 10.2 Å². The van der Waals surface area contributed by atoms with Crippen molar-refractivity contribution in [3.8, 4) is 0 Å². The topological polar surface area (TPSA) is 124 Å². The number of halogens is 3. The highest BCUT2D eigenvalue weighted by atomic mass is 35.5. The first-order chi connectivity index (χ1) is 16.5. The first-order valence-corrected chi connectivity index (χ1v) is 12.9. The van der Waals surface area contributed by atoms with Gasteiger partial charge >= 0.3 is 0 Å². The van der Waals surface area contributed by atoms with E-state index in [9.17, 15) is 22.4 Å². The van der Waals surface area contributed by atoms with Crippen molar-refractivity contribution in [3.05, 3.63) is 52.5 Å². The molecule has 2 aromatic rings. The molecule has 0 aliphatic carbocycles. The highest BCUT2D eigenvalue weighted by Crippen LogP contribution is 2.24. The average molecular weight is 545 g/mol. The Kier molecular flexibility index (Phi) is 7.48. The van der Waals surface area contributed by atoms with Crippen LogP contribution in [0, 0.1) is 5.82 Å². The molecule has 4 rings (SSSR count). The summed E-state index contributed by atoms with van der Waals surface area (Å²) in [6, 6.07) is 4.63. The minimum absolute atomic E-state index is 0.0985. The standard InChI is InChI=1S/C21H23Cl2FN6O4S/c1-29-18(21(32)26-12-2-3-16(24)15(22)8-12)10-17(28-35(29,33)34)20(31)27-13-5-7-30(11-13)14-4-6-25-19(23)9-14/h2-4,6,8-9,13,17-18,28H,5,7,10-11H2,1H3,(H,26,32)(H,27,31)/t13-,17?,18?/m1/s1. The predicted molar refractivity (Wildman–Crippen MR) is 130 cm³/mol. The van der Waals surface area contributed by atoms with Crippen molar-refractivity contribution < 1.29 is 22.4 Å². The number of likely N-dealkylation sites (N-methyl/N-ethyl adjacent to an activating group) is 1. The molecule has 0 spiro atoms. The molecule has 2 unspecified atom stereocenters. The van der Waals surface area contributed by atoms with Gasteiger partial charge in [0.1, 0.15) is 23.1 Å². The lowest BCUT2D eigenvalue weighted by Gasteiger charge is -2.35. The van der Waals surface area contributed by atoms with E-state index in [4.69, 9.17) is 23.2 Å². The van der Waals surface area contributed by atoms with E-state index in [1.165, 1.54) is 19.2 Å². The zero-order valence-corrected chi connectivity index (χ0v) is 20.9. The van der Waals surface area contributed by atoms with Crippen LogP contribution in [-0.2, 0) is 19.8 Å². The summed E-state index contributed by atoms with van der Waals surface area (Å²) in [4.78, 5) is 31.8. The molecule has 3 atom stereocenters. The fraction of sp³-hybridized carbons (Fsp3) is 0.381. The van der Waals surface area contributed by atoms with E-state index >= 15 is 0 Å². The fourth-order valence-corrected chi connectivity index (χ4v) is 5.68. The molecule has 2 amide bonds. The number of rotatable bonds is 5. The summed E-state index contributed by atoms with van der Waals surface area (Å²) in [5.74, 6) is -1.84. The molecule has 2 fully saturated rings. The first kappa shape index (κ1) is 25.6. The van der Waals surface area contributed by atoms with Crippen molar-refractivity contribution in [2.75, 3.05) is 30.4 Å². The predicted octanol–water partition coefficient (Wildman–Crippen LogP) is 1.77. The quantitative estimate of drug-likeness (QED) is 0.493. The molecule has 0 saturated carbocycles. The van der Waals surface area contributed by atoms with Gasteiger partial charge in [-0.15, -0.1) is 0 Å². The number of pyridine rings is 1. The molecule has 0 radical (unpaired) electrons. The smallest absolute Gasteiger partial charge is 0.280 e. The molecule has 1 aromatic carbocycles. The average Bonchev–Trinajstić information content (AvgIpc) is 3.26. The van der Waals surface area contributed by atoms with Crippen LogP contribution in [0.4, 0.5) is 15.8 Å². The van der Waals surface area contributed by atoms with Gasteiger partial charge in [0, 0.05) is 43.8 Å². The Hall–Kier alpha value is -2.51. The Labute approximate surface area is 212 Å². The third-order valence-electron chi connectivity index (χ3n) is 5.98. The van der Waals surface area contributed by atoms with E-state index in [1.807, 2.05) is 11.0 Å². The maximum atomic E-state index is 13.4. The molecular weight excluding hydrogens is 522 g/mol. The Bertz CT molecular complexity index is 1250. The number of nitrogens with zero attached hydrogens (tertiary/aromatic N) is 3. The lowest BCUT2D eigenvalue weighted by molar-refractivity contribution is -0.125. The molecule has 0 bridgehead atoms. The van der Waals surface area contributed by atoms with Gasteiger partial charge in [0.25, 0.3) is 10.2 Å². The molecule has 2 aliphatic rings. The van der Waals surface area contributed by atoms with E-state index in [-0.39, 0.29) is 23.2 Å². The molecule has 3 N–H and O–H groups in total. The van der Waals surface area contributed by atoms with Gasteiger partial charge in [-0.1, -0.05) is 23.2 Å². The van der Waals surface area contributed by atoms with Crippen LogP contribution in [0.3, 0.4) is 0 Å². The van der Waals surface area contributed by atoms with Crippen LogP contribution in [-0.4, -0.2) is 67.8 Å². The fourth-order valence-electron chi connectivity index (χ4n) is 4.09.